The first-order valence-corrected chi connectivity index (χ1v) is 9.51. The van der Waals surface area contributed by atoms with Gasteiger partial charge >= 0.3 is 5.97 Å². The van der Waals surface area contributed by atoms with Crippen molar-refractivity contribution in [1.29, 1.82) is 0 Å². The van der Waals surface area contributed by atoms with Gasteiger partial charge in [0, 0.05) is 6.20 Å². The van der Waals surface area contributed by atoms with Crippen molar-refractivity contribution in [2.24, 2.45) is 0 Å². The number of ether oxygens (including phenoxy) is 1. The molecule has 7 heteroatoms. The summed E-state index contributed by atoms with van der Waals surface area (Å²) in [6.45, 7) is 7.91. The number of hydrogen-bond acceptors (Lipinski definition) is 5. The predicted molar refractivity (Wildman–Crippen MR) is 108 cm³/mol. The molecule has 0 saturated carbocycles. The average molecular weight is 394 g/mol. The summed E-state index contributed by atoms with van der Waals surface area (Å²) in [6, 6.07) is 10.1. The number of aromatic nitrogens is 3. The molecule has 0 radical (unpaired) electrons. The Morgan fingerprint density at radius 3 is 2.66 bits per heavy atom. The van der Waals surface area contributed by atoms with Gasteiger partial charge in [-0.15, -0.1) is 0 Å². The Morgan fingerprint density at radius 2 is 1.97 bits per heavy atom. The third-order valence-electron chi connectivity index (χ3n) is 4.82. The molecule has 150 valence electrons. The molecule has 1 atom stereocenters. The number of carbonyl (C=O) groups is 1. The van der Waals surface area contributed by atoms with Crippen LogP contribution in [0.5, 0.6) is 0 Å². The van der Waals surface area contributed by atoms with E-state index in [0.717, 1.165) is 17.1 Å². The normalized spacial score (nSPS) is 15.6. The van der Waals surface area contributed by atoms with E-state index in [4.69, 9.17) is 4.74 Å². The molecule has 1 aliphatic rings. The summed E-state index contributed by atoms with van der Waals surface area (Å²) in [5.41, 5.74) is 2.70. The molecule has 0 aliphatic carbocycles. The lowest BCUT2D eigenvalue weighted by atomic mass is 10.0. The molecule has 6 nitrogen and oxygen atoms in total. The Kier molecular flexibility index (Phi) is 4.61. The predicted octanol–water partition coefficient (Wildman–Crippen LogP) is 4.44. The highest BCUT2D eigenvalue weighted by atomic mass is 19.1. The van der Waals surface area contributed by atoms with Crippen LogP contribution >= 0.6 is 0 Å². The maximum absolute atomic E-state index is 14.1. The van der Waals surface area contributed by atoms with Gasteiger partial charge < -0.3 is 9.64 Å². The Bertz CT molecular complexity index is 1060. The fourth-order valence-corrected chi connectivity index (χ4v) is 3.61. The molecule has 1 aliphatic heterocycles. The number of nitrogens with zero attached hydrogens (tertiary/aromatic N) is 4. The fraction of sp³-hybridized carbons (Fsp3) is 0.318. The number of carbonyl (C=O) groups excluding carboxylic acids is 1. The van der Waals surface area contributed by atoms with Crippen molar-refractivity contribution in [3.63, 3.8) is 0 Å². The van der Waals surface area contributed by atoms with Crippen molar-refractivity contribution >= 4 is 11.7 Å². The van der Waals surface area contributed by atoms with Crippen molar-refractivity contribution in [2.75, 3.05) is 4.90 Å². The van der Waals surface area contributed by atoms with E-state index in [1.807, 2.05) is 55.4 Å². The van der Waals surface area contributed by atoms with E-state index in [1.165, 1.54) is 12.1 Å². The van der Waals surface area contributed by atoms with Gasteiger partial charge in [0.15, 0.2) is 5.69 Å². The topological polar surface area (TPSA) is 60.2 Å². The zero-order valence-corrected chi connectivity index (χ0v) is 16.9. The molecule has 29 heavy (non-hydrogen) atoms. The summed E-state index contributed by atoms with van der Waals surface area (Å²) in [4.78, 5) is 23.6. The summed E-state index contributed by atoms with van der Waals surface area (Å²) in [5, 5.41) is 0. The van der Waals surface area contributed by atoms with E-state index in [0.29, 0.717) is 12.2 Å². The Balaban J connectivity index is 1.82. The van der Waals surface area contributed by atoms with Crippen LogP contribution in [0, 0.1) is 5.82 Å². The Morgan fingerprint density at radius 1 is 1.17 bits per heavy atom. The number of pyridine rings is 1. The lowest BCUT2D eigenvalue weighted by Gasteiger charge is -2.38. The number of hydrogen-bond donors (Lipinski definition) is 0. The first kappa shape index (κ1) is 19.1. The number of imidazole rings is 1. The molecule has 4 rings (SSSR count). The van der Waals surface area contributed by atoms with Crippen LogP contribution in [0.15, 0.2) is 48.9 Å². The van der Waals surface area contributed by atoms with Crippen LogP contribution in [0.1, 0.15) is 55.6 Å². The second kappa shape index (κ2) is 6.99. The second-order valence-corrected chi connectivity index (χ2v) is 8.11. The van der Waals surface area contributed by atoms with E-state index in [1.54, 1.807) is 18.6 Å². The van der Waals surface area contributed by atoms with Crippen molar-refractivity contribution in [2.45, 2.75) is 45.9 Å². The van der Waals surface area contributed by atoms with Gasteiger partial charge in [0.25, 0.3) is 0 Å². The first-order chi connectivity index (χ1) is 13.7. The maximum atomic E-state index is 14.1. The van der Waals surface area contributed by atoms with Crippen LogP contribution < -0.4 is 4.90 Å². The molecule has 0 spiro atoms. The van der Waals surface area contributed by atoms with Gasteiger partial charge in [-0.2, -0.15) is 0 Å². The molecular weight excluding hydrogens is 371 g/mol. The number of benzene rings is 1. The van der Waals surface area contributed by atoms with Gasteiger partial charge in [0.2, 0.25) is 0 Å². The summed E-state index contributed by atoms with van der Waals surface area (Å²) in [6.07, 6.45) is 3.33. The van der Waals surface area contributed by atoms with Crippen molar-refractivity contribution in [3.8, 4) is 5.69 Å². The summed E-state index contributed by atoms with van der Waals surface area (Å²) >= 11 is 0. The number of esters is 1. The molecule has 0 N–H and O–H groups in total. The fourth-order valence-electron chi connectivity index (χ4n) is 3.61. The monoisotopic (exact) mass is 394 g/mol. The molecule has 0 saturated heterocycles. The van der Waals surface area contributed by atoms with Gasteiger partial charge in [0.05, 0.1) is 35.3 Å². The van der Waals surface area contributed by atoms with Crippen LogP contribution in [-0.2, 0) is 11.3 Å². The van der Waals surface area contributed by atoms with Gasteiger partial charge in [-0.05, 0) is 58.0 Å². The molecule has 0 fully saturated rings. The largest absolute Gasteiger partial charge is 0.455 e. The van der Waals surface area contributed by atoms with Gasteiger partial charge in [-0.25, -0.2) is 14.2 Å². The average Bonchev–Trinajstić information content (AvgIpc) is 3.10. The third-order valence-corrected chi connectivity index (χ3v) is 4.82. The van der Waals surface area contributed by atoms with E-state index in [-0.39, 0.29) is 17.6 Å². The standard InChI is InChI=1S/C22H23FN4O2/c1-14-20-19(21(28)29-22(2,3)4)25-13-27(20)17-9-8-15(23)11-18(17)26(14)12-16-7-5-6-10-24-16/h5-11,13-14H,12H2,1-4H3/t14-/m1/s1. The molecule has 0 amide bonds. The Labute approximate surface area is 169 Å². The summed E-state index contributed by atoms with van der Waals surface area (Å²) < 4.78 is 21.5. The Hall–Kier alpha value is -3.22. The van der Waals surface area contributed by atoms with E-state index in [2.05, 4.69) is 9.97 Å². The molecule has 0 bridgehead atoms. The van der Waals surface area contributed by atoms with Crippen molar-refractivity contribution < 1.29 is 13.9 Å². The minimum atomic E-state index is -0.625. The minimum absolute atomic E-state index is 0.240. The SMILES string of the molecule is C[C@@H]1c2c(C(=O)OC(C)(C)C)ncn2-c2ccc(F)cc2N1Cc1ccccn1. The molecule has 3 aromatic rings. The first-order valence-electron chi connectivity index (χ1n) is 9.51. The highest BCUT2D eigenvalue weighted by Gasteiger charge is 2.35. The smallest absolute Gasteiger partial charge is 0.359 e. The number of fused-ring (bicyclic) bond motifs is 3. The third kappa shape index (κ3) is 3.60. The van der Waals surface area contributed by atoms with Gasteiger partial charge in [-0.3, -0.25) is 9.55 Å². The molecular formula is C22H23FN4O2. The van der Waals surface area contributed by atoms with Crippen molar-refractivity contribution in [3.05, 3.63) is 71.8 Å². The van der Waals surface area contributed by atoms with E-state index >= 15 is 0 Å². The van der Waals surface area contributed by atoms with Crippen LogP contribution in [0.2, 0.25) is 0 Å². The van der Waals surface area contributed by atoms with Crippen LogP contribution in [-0.4, -0.2) is 26.1 Å². The zero-order valence-electron chi connectivity index (χ0n) is 16.9. The van der Waals surface area contributed by atoms with E-state index in [9.17, 15) is 9.18 Å². The van der Waals surface area contributed by atoms with Gasteiger partial charge in [0.1, 0.15) is 17.7 Å². The summed E-state index contributed by atoms with van der Waals surface area (Å²) in [5.74, 6) is -0.792. The highest BCUT2D eigenvalue weighted by Crippen LogP contribution is 2.41. The molecule has 0 unspecified atom stereocenters. The van der Waals surface area contributed by atoms with Crippen LogP contribution in [0.3, 0.4) is 0 Å². The molecule has 3 heterocycles. The zero-order chi connectivity index (χ0) is 20.8. The molecule has 1 aromatic carbocycles. The summed E-state index contributed by atoms with van der Waals surface area (Å²) in [7, 11) is 0. The van der Waals surface area contributed by atoms with Crippen LogP contribution in [0.25, 0.3) is 5.69 Å². The maximum Gasteiger partial charge on any atom is 0.359 e. The van der Waals surface area contributed by atoms with Crippen LogP contribution in [0.4, 0.5) is 10.1 Å². The highest BCUT2D eigenvalue weighted by molar-refractivity contribution is 5.90. The number of rotatable bonds is 3. The van der Waals surface area contributed by atoms with E-state index < -0.39 is 11.6 Å². The lowest BCUT2D eigenvalue weighted by Crippen LogP contribution is -2.34. The molecule has 2 aromatic heterocycles. The second-order valence-electron chi connectivity index (χ2n) is 8.11. The quantitative estimate of drug-likeness (QED) is 0.615. The number of anilines is 1. The van der Waals surface area contributed by atoms with Crippen molar-refractivity contribution in [1.82, 2.24) is 14.5 Å². The van der Waals surface area contributed by atoms with Gasteiger partial charge in [-0.1, -0.05) is 6.07 Å². The lowest BCUT2D eigenvalue weighted by molar-refractivity contribution is 0.00614. The number of halogens is 1. The minimum Gasteiger partial charge on any atom is -0.455 e.